The Morgan fingerprint density at radius 2 is 1.95 bits per heavy atom. The van der Waals surface area contributed by atoms with Crippen molar-refractivity contribution >= 4 is 5.97 Å². The van der Waals surface area contributed by atoms with E-state index in [0.29, 0.717) is 37.6 Å². The maximum absolute atomic E-state index is 11.6. The quantitative estimate of drug-likeness (QED) is 0.584. The number of benzene rings is 1. The summed E-state index contributed by atoms with van der Waals surface area (Å²) in [6.45, 7) is 4.24. The molecule has 0 aromatic heterocycles. The maximum Gasteiger partial charge on any atom is 0.325 e. The van der Waals surface area contributed by atoms with Gasteiger partial charge in [0.1, 0.15) is 5.54 Å². The van der Waals surface area contributed by atoms with Gasteiger partial charge in [-0.1, -0.05) is 12.1 Å². The molecule has 1 atom stereocenters. The van der Waals surface area contributed by atoms with Crippen LogP contribution in [-0.2, 0) is 9.53 Å². The first-order valence-electron chi connectivity index (χ1n) is 6.73. The number of ether oxygens (including phenoxy) is 3. The van der Waals surface area contributed by atoms with Gasteiger partial charge in [-0.3, -0.25) is 4.79 Å². The van der Waals surface area contributed by atoms with E-state index in [9.17, 15) is 4.79 Å². The van der Waals surface area contributed by atoms with Crippen LogP contribution in [0.5, 0.6) is 11.5 Å². The molecule has 1 aromatic carbocycles. The van der Waals surface area contributed by atoms with Gasteiger partial charge in [0.25, 0.3) is 0 Å². The van der Waals surface area contributed by atoms with Crippen molar-refractivity contribution in [2.24, 2.45) is 5.73 Å². The zero-order chi connectivity index (χ0) is 15.0. The third kappa shape index (κ3) is 4.74. The van der Waals surface area contributed by atoms with Crippen molar-refractivity contribution in [2.75, 3.05) is 20.3 Å². The highest BCUT2D eigenvalue weighted by molar-refractivity contribution is 5.79. The van der Waals surface area contributed by atoms with Crippen LogP contribution in [0.2, 0.25) is 0 Å². The van der Waals surface area contributed by atoms with Crippen molar-refractivity contribution in [1.29, 1.82) is 0 Å². The lowest BCUT2D eigenvalue weighted by Gasteiger charge is -2.22. The number of hydrogen-bond acceptors (Lipinski definition) is 5. The molecule has 1 rings (SSSR count). The van der Waals surface area contributed by atoms with Crippen LogP contribution in [0.15, 0.2) is 24.3 Å². The summed E-state index contributed by atoms with van der Waals surface area (Å²) in [4.78, 5) is 11.6. The van der Waals surface area contributed by atoms with Crippen LogP contribution < -0.4 is 15.2 Å². The summed E-state index contributed by atoms with van der Waals surface area (Å²) in [5, 5.41) is 0. The maximum atomic E-state index is 11.6. The second-order valence-electron chi connectivity index (χ2n) is 4.74. The third-order valence-electron chi connectivity index (χ3n) is 2.91. The number of para-hydroxylation sites is 2. The van der Waals surface area contributed by atoms with Gasteiger partial charge < -0.3 is 19.9 Å². The van der Waals surface area contributed by atoms with E-state index in [1.165, 1.54) is 0 Å². The lowest BCUT2D eigenvalue weighted by molar-refractivity contribution is -0.149. The molecule has 0 amide bonds. The van der Waals surface area contributed by atoms with E-state index in [4.69, 9.17) is 19.9 Å². The summed E-state index contributed by atoms with van der Waals surface area (Å²) in [5.41, 5.74) is 4.96. The molecule has 5 heteroatoms. The fraction of sp³-hybridized carbons (Fsp3) is 0.533. The Labute approximate surface area is 120 Å². The number of nitrogens with two attached hydrogens (primary N) is 1. The average Bonchev–Trinajstić information content (AvgIpc) is 2.44. The SMILES string of the molecule is CCOC(=O)C(C)(N)CCCOc1ccccc1OC. The Balaban J connectivity index is 2.39. The first-order valence-corrected chi connectivity index (χ1v) is 6.73. The summed E-state index contributed by atoms with van der Waals surface area (Å²) < 4.78 is 15.8. The molecule has 0 saturated heterocycles. The number of rotatable bonds is 8. The van der Waals surface area contributed by atoms with Crippen LogP contribution >= 0.6 is 0 Å². The van der Waals surface area contributed by atoms with Crippen molar-refractivity contribution < 1.29 is 19.0 Å². The van der Waals surface area contributed by atoms with Crippen molar-refractivity contribution in [3.63, 3.8) is 0 Å². The second-order valence-corrected chi connectivity index (χ2v) is 4.74. The molecule has 1 unspecified atom stereocenters. The highest BCUT2D eigenvalue weighted by Gasteiger charge is 2.29. The van der Waals surface area contributed by atoms with Crippen molar-refractivity contribution in [3.8, 4) is 11.5 Å². The highest BCUT2D eigenvalue weighted by atomic mass is 16.5. The van der Waals surface area contributed by atoms with Gasteiger partial charge in [0.2, 0.25) is 0 Å². The predicted octanol–water partition coefficient (Wildman–Crippen LogP) is 2.13. The van der Waals surface area contributed by atoms with Gasteiger partial charge in [0.15, 0.2) is 11.5 Å². The molecule has 0 aliphatic carbocycles. The van der Waals surface area contributed by atoms with E-state index in [0.717, 1.165) is 0 Å². The van der Waals surface area contributed by atoms with Crippen molar-refractivity contribution in [1.82, 2.24) is 0 Å². The van der Waals surface area contributed by atoms with E-state index < -0.39 is 5.54 Å². The predicted molar refractivity (Wildman–Crippen MR) is 76.9 cm³/mol. The van der Waals surface area contributed by atoms with Gasteiger partial charge in [-0.2, -0.15) is 0 Å². The van der Waals surface area contributed by atoms with Crippen LogP contribution in [0.25, 0.3) is 0 Å². The molecule has 0 aliphatic rings. The molecule has 1 aromatic rings. The molecule has 112 valence electrons. The Morgan fingerprint density at radius 3 is 2.55 bits per heavy atom. The molecule has 20 heavy (non-hydrogen) atoms. The fourth-order valence-electron chi connectivity index (χ4n) is 1.76. The molecule has 0 radical (unpaired) electrons. The molecule has 0 spiro atoms. The van der Waals surface area contributed by atoms with E-state index >= 15 is 0 Å². The van der Waals surface area contributed by atoms with Gasteiger partial charge in [-0.05, 0) is 38.8 Å². The summed E-state index contributed by atoms with van der Waals surface area (Å²) in [7, 11) is 1.60. The molecule has 0 saturated carbocycles. The van der Waals surface area contributed by atoms with E-state index in [2.05, 4.69) is 0 Å². The Hall–Kier alpha value is -1.75. The van der Waals surface area contributed by atoms with Gasteiger partial charge in [-0.15, -0.1) is 0 Å². The highest BCUT2D eigenvalue weighted by Crippen LogP contribution is 2.26. The Bertz CT molecular complexity index is 432. The van der Waals surface area contributed by atoms with Crippen molar-refractivity contribution in [2.45, 2.75) is 32.2 Å². The minimum Gasteiger partial charge on any atom is -0.493 e. The van der Waals surface area contributed by atoms with Gasteiger partial charge in [0.05, 0.1) is 20.3 Å². The number of hydrogen-bond donors (Lipinski definition) is 1. The van der Waals surface area contributed by atoms with Crippen LogP contribution in [0.3, 0.4) is 0 Å². The Kier molecular flexibility index (Phi) is 6.31. The zero-order valence-corrected chi connectivity index (χ0v) is 12.3. The molecule has 0 fully saturated rings. The summed E-state index contributed by atoms with van der Waals surface area (Å²) in [6.07, 6.45) is 1.16. The van der Waals surface area contributed by atoms with E-state index in [1.807, 2.05) is 24.3 Å². The van der Waals surface area contributed by atoms with Gasteiger partial charge in [0, 0.05) is 0 Å². The fourth-order valence-corrected chi connectivity index (χ4v) is 1.76. The molecule has 0 bridgehead atoms. The first kappa shape index (κ1) is 16.3. The Morgan fingerprint density at radius 1 is 1.30 bits per heavy atom. The van der Waals surface area contributed by atoms with E-state index in [1.54, 1.807) is 21.0 Å². The second kappa shape index (κ2) is 7.75. The summed E-state index contributed by atoms with van der Waals surface area (Å²) >= 11 is 0. The largest absolute Gasteiger partial charge is 0.493 e. The van der Waals surface area contributed by atoms with Crippen LogP contribution in [0.1, 0.15) is 26.7 Å². The van der Waals surface area contributed by atoms with Crippen molar-refractivity contribution in [3.05, 3.63) is 24.3 Å². The van der Waals surface area contributed by atoms with E-state index in [-0.39, 0.29) is 5.97 Å². The molecule has 0 aliphatic heterocycles. The topological polar surface area (TPSA) is 70.8 Å². The zero-order valence-electron chi connectivity index (χ0n) is 12.3. The molecule has 0 heterocycles. The van der Waals surface area contributed by atoms with Gasteiger partial charge in [-0.25, -0.2) is 0 Å². The minimum absolute atomic E-state index is 0.337. The number of carbonyl (C=O) groups excluding carboxylic acids is 1. The van der Waals surface area contributed by atoms with Crippen LogP contribution in [0, 0.1) is 0 Å². The van der Waals surface area contributed by atoms with Crippen LogP contribution in [0.4, 0.5) is 0 Å². The monoisotopic (exact) mass is 281 g/mol. The third-order valence-corrected chi connectivity index (χ3v) is 2.91. The molecule has 5 nitrogen and oxygen atoms in total. The smallest absolute Gasteiger partial charge is 0.325 e. The number of carbonyl (C=O) groups is 1. The number of methoxy groups -OCH3 is 1. The lowest BCUT2D eigenvalue weighted by atomic mass is 9.98. The van der Waals surface area contributed by atoms with Crippen LogP contribution in [-0.4, -0.2) is 31.8 Å². The van der Waals surface area contributed by atoms with Gasteiger partial charge >= 0.3 is 5.97 Å². The molecular formula is C15H23NO4. The molecular weight excluding hydrogens is 258 g/mol. The molecule has 2 N–H and O–H groups in total. The minimum atomic E-state index is -0.972. The summed E-state index contributed by atoms with van der Waals surface area (Å²) in [6, 6.07) is 7.43. The average molecular weight is 281 g/mol. The first-order chi connectivity index (χ1) is 9.51. The summed E-state index contributed by atoms with van der Waals surface area (Å²) in [5.74, 6) is 0.996. The lowest BCUT2D eigenvalue weighted by Crippen LogP contribution is -2.46. The standard InChI is InChI=1S/C15H23NO4/c1-4-19-14(17)15(2,16)10-7-11-20-13-9-6-5-8-12(13)18-3/h5-6,8-9H,4,7,10-11,16H2,1-3H3. The number of esters is 1. The normalized spacial score (nSPS) is 13.4.